The van der Waals surface area contributed by atoms with Gasteiger partial charge >= 0.3 is 6.03 Å². The standard InChI is InChI=1S/C11H15N3O2/c12-6-7-14-10(15)9(13-11(14)16)8-4-2-1-3-5-8/h8-9H,1-5,7H2,(H,13,16)/t9-/m0/s1. The van der Waals surface area contributed by atoms with E-state index in [0.29, 0.717) is 0 Å². The monoisotopic (exact) mass is 221 g/mol. The Balaban J connectivity index is 2.04. The molecule has 0 aromatic heterocycles. The van der Waals surface area contributed by atoms with E-state index < -0.39 is 6.03 Å². The molecule has 3 amide bonds. The largest absolute Gasteiger partial charge is 0.325 e. The first-order valence-corrected chi connectivity index (χ1v) is 5.73. The third-order valence-electron chi connectivity index (χ3n) is 3.41. The average Bonchev–Trinajstić information content (AvgIpc) is 2.59. The smallest absolute Gasteiger partial charge is 0.325 e. The van der Waals surface area contributed by atoms with Crippen LogP contribution in [0.25, 0.3) is 0 Å². The number of urea groups is 1. The molecule has 86 valence electrons. The van der Waals surface area contributed by atoms with Crippen molar-refractivity contribution in [3.8, 4) is 6.07 Å². The van der Waals surface area contributed by atoms with E-state index in [4.69, 9.17) is 5.26 Å². The van der Waals surface area contributed by atoms with Crippen LogP contribution in [0.15, 0.2) is 0 Å². The third-order valence-corrected chi connectivity index (χ3v) is 3.41. The molecule has 0 spiro atoms. The van der Waals surface area contributed by atoms with Gasteiger partial charge in [-0.3, -0.25) is 4.79 Å². The number of hydrogen-bond donors (Lipinski definition) is 1. The third kappa shape index (κ3) is 1.87. The number of nitriles is 1. The number of nitrogens with zero attached hydrogens (tertiary/aromatic N) is 2. The zero-order chi connectivity index (χ0) is 11.5. The molecule has 5 heteroatoms. The Bertz CT molecular complexity index is 342. The van der Waals surface area contributed by atoms with Crippen LogP contribution in [0.4, 0.5) is 4.79 Å². The highest BCUT2D eigenvalue weighted by atomic mass is 16.2. The summed E-state index contributed by atoms with van der Waals surface area (Å²) in [4.78, 5) is 24.4. The maximum Gasteiger partial charge on any atom is 0.325 e. The van der Waals surface area contributed by atoms with Gasteiger partial charge in [-0.1, -0.05) is 19.3 Å². The van der Waals surface area contributed by atoms with Crippen molar-refractivity contribution >= 4 is 11.9 Å². The summed E-state index contributed by atoms with van der Waals surface area (Å²) in [6.07, 6.45) is 5.46. The quantitative estimate of drug-likeness (QED) is 0.558. The first-order valence-electron chi connectivity index (χ1n) is 5.73. The molecule has 0 aromatic carbocycles. The van der Waals surface area contributed by atoms with Gasteiger partial charge in [-0.05, 0) is 18.8 Å². The molecule has 0 radical (unpaired) electrons. The van der Waals surface area contributed by atoms with Gasteiger partial charge < -0.3 is 5.32 Å². The molecule has 5 nitrogen and oxygen atoms in total. The van der Waals surface area contributed by atoms with Crippen LogP contribution in [0.2, 0.25) is 0 Å². The molecule has 1 N–H and O–H groups in total. The summed E-state index contributed by atoms with van der Waals surface area (Å²) < 4.78 is 0. The molecule has 1 aliphatic heterocycles. The van der Waals surface area contributed by atoms with Crippen molar-refractivity contribution in [3.05, 3.63) is 0 Å². The lowest BCUT2D eigenvalue weighted by Gasteiger charge is -2.25. The van der Waals surface area contributed by atoms with Gasteiger partial charge in [0.1, 0.15) is 12.6 Å². The Hall–Kier alpha value is -1.57. The highest BCUT2D eigenvalue weighted by molar-refractivity contribution is 6.04. The number of carbonyl (C=O) groups excluding carboxylic acids is 2. The summed E-state index contributed by atoms with van der Waals surface area (Å²) in [5, 5.41) is 11.2. The number of carbonyl (C=O) groups is 2. The SMILES string of the molecule is N#CCN1C(=O)N[C@@H](C2CCCCC2)C1=O. The van der Waals surface area contributed by atoms with Gasteiger partial charge in [-0.15, -0.1) is 0 Å². The van der Waals surface area contributed by atoms with Gasteiger partial charge in [0.15, 0.2) is 0 Å². The van der Waals surface area contributed by atoms with Crippen molar-refractivity contribution in [2.24, 2.45) is 5.92 Å². The van der Waals surface area contributed by atoms with E-state index in [1.165, 1.54) is 6.42 Å². The Morgan fingerprint density at radius 2 is 2.00 bits per heavy atom. The zero-order valence-corrected chi connectivity index (χ0v) is 9.11. The van der Waals surface area contributed by atoms with E-state index in [1.54, 1.807) is 0 Å². The van der Waals surface area contributed by atoms with Gasteiger partial charge in [0, 0.05) is 0 Å². The topological polar surface area (TPSA) is 73.2 Å². The van der Waals surface area contributed by atoms with Crippen LogP contribution in [-0.2, 0) is 4.79 Å². The summed E-state index contributed by atoms with van der Waals surface area (Å²) in [7, 11) is 0. The average molecular weight is 221 g/mol. The summed E-state index contributed by atoms with van der Waals surface area (Å²) in [6.45, 7) is -0.145. The Morgan fingerprint density at radius 1 is 1.31 bits per heavy atom. The Labute approximate surface area is 94.4 Å². The maximum atomic E-state index is 11.9. The summed E-state index contributed by atoms with van der Waals surface area (Å²) in [6, 6.07) is 1.04. The van der Waals surface area contributed by atoms with E-state index in [2.05, 4.69) is 5.32 Å². The second-order valence-electron chi connectivity index (χ2n) is 4.41. The molecule has 1 aliphatic carbocycles. The molecule has 2 fully saturated rings. The molecule has 2 rings (SSSR count). The molecule has 1 saturated heterocycles. The fourth-order valence-corrected chi connectivity index (χ4v) is 2.55. The van der Waals surface area contributed by atoms with Crippen LogP contribution in [-0.4, -0.2) is 29.4 Å². The molecule has 0 aromatic rings. The van der Waals surface area contributed by atoms with E-state index >= 15 is 0 Å². The number of nitrogens with one attached hydrogen (secondary N) is 1. The Kier molecular flexibility index (Phi) is 3.09. The minimum atomic E-state index is -0.415. The fraction of sp³-hybridized carbons (Fsp3) is 0.727. The van der Waals surface area contributed by atoms with Gasteiger partial charge in [-0.2, -0.15) is 5.26 Å². The number of rotatable bonds is 2. The molecule has 0 unspecified atom stereocenters. The first kappa shape index (κ1) is 10.9. The first-order chi connectivity index (χ1) is 7.74. The van der Waals surface area contributed by atoms with Crippen molar-refractivity contribution in [1.29, 1.82) is 5.26 Å². The molecule has 0 bridgehead atoms. The van der Waals surface area contributed by atoms with Gasteiger partial charge in [0.2, 0.25) is 0 Å². The number of hydrogen-bond acceptors (Lipinski definition) is 3. The van der Waals surface area contributed by atoms with Crippen LogP contribution in [0, 0.1) is 17.2 Å². The van der Waals surface area contributed by atoms with Crippen molar-refractivity contribution in [2.75, 3.05) is 6.54 Å². The van der Waals surface area contributed by atoms with Crippen molar-refractivity contribution < 1.29 is 9.59 Å². The molecular formula is C11H15N3O2. The lowest BCUT2D eigenvalue weighted by Crippen LogP contribution is -2.38. The molecule has 2 aliphatic rings. The van der Waals surface area contributed by atoms with Crippen molar-refractivity contribution in [3.63, 3.8) is 0 Å². The highest BCUT2D eigenvalue weighted by Crippen LogP contribution is 2.29. The fourth-order valence-electron chi connectivity index (χ4n) is 2.55. The second kappa shape index (κ2) is 4.52. The summed E-state index contributed by atoms with van der Waals surface area (Å²) in [5.41, 5.74) is 0. The van der Waals surface area contributed by atoms with Gasteiger partial charge in [-0.25, -0.2) is 9.69 Å². The Morgan fingerprint density at radius 3 is 2.62 bits per heavy atom. The van der Waals surface area contributed by atoms with Crippen LogP contribution in [0.1, 0.15) is 32.1 Å². The predicted octanol–water partition coefficient (Wildman–Crippen LogP) is 1.01. The summed E-state index contributed by atoms with van der Waals surface area (Å²) >= 11 is 0. The lowest BCUT2D eigenvalue weighted by atomic mass is 9.84. The summed E-state index contributed by atoms with van der Waals surface area (Å²) in [5.74, 6) is 0.0346. The molecule has 16 heavy (non-hydrogen) atoms. The highest BCUT2D eigenvalue weighted by Gasteiger charge is 2.42. The molecule has 1 saturated carbocycles. The minimum Gasteiger partial charge on any atom is -0.325 e. The van der Waals surface area contributed by atoms with E-state index in [1.807, 2.05) is 6.07 Å². The molecule has 1 atom stereocenters. The maximum absolute atomic E-state index is 11.9. The van der Waals surface area contributed by atoms with E-state index in [9.17, 15) is 9.59 Å². The second-order valence-corrected chi connectivity index (χ2v) is 4.41. The van der Waals surface area contributed by atoms with Gasteiger partial charge in [0.05, 0.1) is 6.07 Å². The van der Waals surface area contributed by atoms with Crippen molar-refractivity contribution in [1.82, 2.24) is 10.2 Å². The van der Waals surface area contributed by atoms with Crippen molar-refractivity contribution in [2.45, 2.75) is 38.1 Å². The molecular weight excluding hydrogens is 206 g/mol. The van der Waals surface area contributed by atoms with E-state index in [0.717, 1.165) is 30.6 Å². The van der Waals surface area contributed by atoms with Crippen LogP contribution in [0.5, 0.6) is 0 Å². The van der Waals surface area contributed by atoms with Gasteiger partial charge in [0.25, 0.3) is 5.91 Å². The zero-order valence-electron chi connectivity index (χ0n) is 9.11. The van der Waals surface area contributed by atoms with Crippen LogP contribution in [0.3, 0.4) is 0 Å². The minimum absolute atomic E-state index is 0.145. The normalized spacial score (nSPS) is 26.7. The number of amides is 3. The number of imide groups is 1. The predicted molar refractivity (Wildman–Crippen MR) is 56.2 cm³/mol. The molecule has 1 heterocycles. The van der Waals surface area contributed by atoms with Crippen LogP contribution < -0.4 is 5.32 Å². The van der Waals surface area contributed by atoms with Crippen LogP contribution >= 0.6 is 0 Å². The lowest BCUT2D eigenvalue weighted by molar-refractivity contribution is -0.128. The van der Waals surface area contributed by atoms with E-state index in [-0.39, 0.29) is 24.4 Å².